The molecule has 0 radical (unpaired) electrons. The van der Waals surface area contributed by atoms with Gasteiger partial charge in [0.2, 0.25) is 0 Å². The fourth-order valence-electron chi connectivity index (χ4n) is 1.85. The number of amides is 1. The maximum atomic E-state index is 12.1. The van der Waals surface area contributed by atoms with Crippen molar-refractivity contribution in [2.24, 2.45) is 0 Å². The second-order valence-electron chi connectivity index (χ2n) is 4.31. The van der Waals surface area contributed by atoms with Crippen LogP contribution >= 0.6 is 11.6 Å². The zero-order chi connectivity index (χ0) is 13.8. The molecule has 1 aromatic heterocycles. The molecule has 1 N–H and O–H groups in total. The minimum absolute atomic E-state index is 0.0201. The molecule has 0 bridgehead atoms. The maximum Gasteiger partial charge on any atom is 0.260 e. The number of nitrogens with zero attached hydrogens (tertiary/aromatic N) is 1. The van der Waals surface area contributed by atoms with E-state index in [0.717, 1.165) is 0 Å². The zero-order valence-corrected chi connectivity index (χ0v) is 11.3. The van der Waals surface area contributed by atoms with E-state index >= 15 is 0 Å². The van der Waals surface area contributed by atoms with Crippen LogP contribution in [0.1, 0.15) is 10.4 Å². The van der Waals surface area contributed by atoms with Crippen LogP contribution in [-0.2, 0) is 9.47 Å². The van der Waals surface area contributed by atoms with Gasteiger partial charge in [0, 0.05) is 19.8 Å². The highest BCUT2D eigenvalue weighted by Gasteiger charge is 2.21. The summed E-state index contributed by atoms with van der Waals surface area (Å²) in [4.78, 5) is 27.6. The molecule has 1 aliphatic rings. The van der Waals surface area contributed by atoms with Gasteiger partial charge in [-0.05, 0) is 6.07 Å². The summed E-state index contributed by atoms with van der Waals surface area (Å²) in [5.41, 5.74) is -0.436. The Kier molecular flexibility index (Phi) is 4.57. The number of H-pyrrole nitrogens is 1. The third-order valence-electron chi connectivity index (χ3n) is 2.81. The molecule has 2 rings (SSSR count). The lowest BCUT2D eigenvalue weighted by Gasteiger charge is -2.27. The van der Waals surface area contributed by atoms with Crippen LogP contribution in [0.25, 0.3) is 0 Å². The first-order chi connectivity index (χ1) is 9.08. The molecule has 0 saturated carbocycles. The van der Waals surface area contributed by atoms with E-state index in [1.54, 1.807) is 7.05 Å². The number of carbonyl (C=O) groups excluding carboxylic acids is 1. The first kappa shape index (κ1) is 14.0. The lowest BCUT2D eigenvalue weighted by atomic mass is 10.2. The van der Waals surface area contributed by atoms with E-state index in [-0.39, 0.29) is 11.7 Å². The SMILES string of the molecule is CN(C[C@H]1COCCO1)C(=O)c1cc(Cl)c[nH]c1=O. The molecule has 2 heterocycles. The van der Waals surface area contributed by atoms with Crippen molar-refractivity contribution in [3.63, 3.8) is 0 Å². The highest BCUT2D eigenvalue weighted by Crippen LogP contribution is 2.09. The topological polar surface area (TPSA) is 71.6 Å². The van der Waals surface area contributed by atoms with E-state index in [1.807, 2.05) is 0 Å². The van der Waals surface area contributed by atoms with Crippen molar-refractivity contribution >= 4 is 17.5 Å². The number of aromatic amines is 1. The molecule has 0 spiro atoms. The number of aromatic nitrogens is 1. The van der Waals surface area contributed by atoms with Crippen molar-refractivity contribution in [1.82, 2.24) is 9.88 Å². The number of carbonyl (C=O) groups is 1. The number of pyridine rings is 1. The number of rotatable bonds is 3. The van der Waals surface area contributed by atoms with Gasteiger partial charge in [0.15, 0.2) is 0 Å². The van der Waals surface area contributed by atoms with Crippen LogP contribution in [0.3, 0.4) is 0 Å². The molecule has 0 aliphatic carbocycles. The van der Waals surface area contributed by atoms with E-state index < -0.39 is 11.5 Å². The molecule has 104 valence electrons. The largest absolute Gasteiger partial charge is 0.376 e. The Morgan fingerprint density at radius 1 is 1.58 bits per heavy atom. The molecule has 1 amide bonds. The predicted molar refractivity (Wildman–Crippen MR) is 69.6 cm³/mol. The fraction of sp³-hybridized carbons (Fsp3) is 0.500. The molecule has 1 atom stereocenters. The first-order valence-corrected chi connectivity index (χ1v) is 6.29. The summed E-state index contributed by atoms with van der Waals surface area (Å²) in [6, 6.07) is 1.36. The van der Waals surface area contributed by atoms with Crippen molar-refractivity contribution in [2.75, 3.05) is 33.4 Å². The van der Waals surface area contributed by atoms with Crippen molar-refractivity contribution in [2.45, 2.75) is 6.10 Å². The average molecular weight is 287 g/mol. The second kappa shape index (κ2) is 6.18. The van der Waals surface area contributed by atoms with Gasteiger partial charge in [0.25, 0.3) is 11.5 Å². The van der Waals surface area contributed by atoms with Crippen molar-refractivity contribution in [1.29, 1.82) is 0 Å². The van der Waals surface area contributed by atoms with E-state index in [9.17, 15) is 9.59 Å². The van der Waals surface area contributed by atoms with E-state index in [1.165, 1.54) is 17.2 Å². The summed E-state index contributed by atoms with van der Waals surface area (Å²) < 4.78 is 10.7. The molecular formula is C12H15ClN2O4. The minimum atomic E-state index is -0.456. The van der Waals surface area contributed by atoms with Crippen LogP contribution in [-0.4, -0.2) is 55.3 Å². The monoisotopic (exact) mass is 286 g/mol. The first-order valence-electron chi connectivity index (χ1n) is 5.91. The number of hydrogen-bond donors (Lipinski definition) is 1. The molecule has 0 aromatic carbocycles. The van der Waals surface area contributed by atoms with Crippen LogP contribution in [0.5, 0.6) is 0 Å². The third-order valence-corrected chi connectivity index (χ3v) is 3.03. The summed E-state index contributed by atoms with van der Waals surface area (Å²) in [6.07, 6.45) is 1.18. The summed E-state index contributed by atoms with van der Waals surface area (Å²) >= 11 is 5.77. The van der Waals surface area contributed by atoms with Crippen molar-refractivity contribution in [3.05, 3.63) is 33.2 Å². The van der Waals surface area contributed by atoms with Gasteiger partial charge in [-0.25, -0.2) is 0 Å². The minimum Gasteiger partial charge on any atom is -0.376 e. The van der Waals surface area contributed by atoms with Crippen molar-refractivity contribution < 1.29 is 14.3 Å². The number of hydrogen-bond acceptors (Lipinski definition) is 4. The van der Waals surface area contributed by atoms with Gasteiger partial charge in [-0.2, -0.15) is 0 Å². The quantitative estimate of drug-likeness (QED) is 0.879. The molecular weight excluding hydrogens is 272 g/mol. The highest BCUT2D eigenvalue weighted by atomic mass is 35.5. The van der Waals surface area contributed by atoms with E-state index in [0.29, 0.717) is 31.4 Å². The summed E-state index contributed by atoms with van der Waals surface area (Å²) in [5.74, 6) is -0.391. The molecule has 7 heteroatoms. The Morgan fingerprint density at radius 2 is 2.37 bits per heavy atom. The molecule has 19 heavy (non-hydrogen) atoms. The number of ether oxygens (including phenoxy) is 2. The van der Waals surface area contributed by atoms with Crippen LogP contribution < -0.4 is 5.56 Å². The molecule has 6 nitrogen and oxygen atoms in total. The summed E-state index contributed by atoms with van der Waals surface area (Å²) in [7, 11) is 1.61. The fourth-order valence-corrected chi connectivity index (χ4v) is 2.02. The number of halogens is 1. The molecule has 0 unspecified atom stereocenters. The number of nitrogens with one attached hydrogen (secondary N) is 1. The van der Waals surface area contributed by atoms with Gasteiger partial charge in [-0.1, -0.05) is 11.6 Å². The van der Waals surface area contributed by atoms with E-state index in [2.05, 4.69) is 4.98 Å². The summed E-state index contributed by atoms with van der Waals surface area (Å²) in [5, 5.41) is 0.314. The van der Waals surface area contributed by atoms with Crippen LogP contribution in [0.15, 0.2) is 17.1 Å². The van der Waals surface area contributed by atoms with Gasteiger partial charge < -0.3 is 19.4 Å². The lowest BCUT2D eigenvalue weighted by molar-refractivity contribution is -0.0933. The Balaban J connectivity index is 2.05. The van der Waals surface area contributed by atoms with Crippen LogP contribution in [0.2, 0.25) is 5.02 Å². The lowest BCUT2D eigenvalue weighted by Crippen LogP contribution is -2.42. The van der Waals surface area contributed by atoms with Gasteiger partial charge in [0.1, 0.15) is 5.56 Å². The standard InChI is InChI=1S/C12H15ClN2O4/c1-15(6-9-7-18-2-3-19-9)12(17)10-4-8(13)5-14-11(10)16/h4-5,9H,2-3,6-7H2,1H3,(H,14,16)/t9-/m0/s1. The molecule has 1 aliphatic heterocycles. The Hall–Kier alpha value is -1.37. The smallest absolute Gasteiger partial charge is 0.260 e. The predicted octanol–water partition coefficient (Wildman–Crippen LogP) is 0.516. The summed E-state index contributed by atoms with van der Waals surface area (Å²) in [6.45, 7) is 1.90. The Bertz CT molecular complexity index is 511. The second-order valence-corrected chi connectivity index (χ2v) is 4.75. The normalized spacial score (nSPS) is 19.2. The average Bonchev–Trinajstić information content (AvgIpc) is 2.42. The molecule has 1 aromatic rings. The molecule has 1 fully saturated rings. The van der Waals surface area contributed by atoms with Gasteiger partial charge in [-0.15, -0.1) is 0 Å². The molecule has 1 saturated heterocycles. The highest BCUT2D eigenvalue weighted by molar-refractivity contribution is 6.30. The maximum absolute atomic E-state index is 12.1. The van der Waals surface area contributed by atoms with Crippen LogP contribution in [0.4, 0.5) is 0 Å². The zero-order valence-electron chi connectivity index (χ0n) is 10.5. The van der Waals surface area contributed by atoms with Crippen LogP contribution in [0, 0.1) is 0 Å². The van der Waals surface area contributed by atoms with Gasteiger partial charge in [0.05, 0.1) is 30.9 Å². The number of likely N-dealkylation sites (N-methyl/N-ethyl adjacent to an activating group) is 1. The van der Waals surface area contributed by atoms with E-state index in [4.69, 9.17) is 21.1 Å². The van der Waals surface area contributed by atoms with Gasteiger partial charge >= 0.3 is 0 Å². The van der Waals surface area contributed by atoms with Gasteiger partial charge in [-0.3, -0.25) is 9.59 Å². The third kappa shape index (κ3) is 3.56. The van der Waals surface area contributed by atoms with Crippen molar-refractivity contribution in [3.8, 4) is 0 Å². The Labute approximate surface area is 115 Å². The Morgan fingerprint density at radius 3 is 3.05 bits per heavy atom.